The number of rotatable bonds is 2. The molecule has 20 heavy (non-hydrogen) atoms. The molecule has 1 saturated heterocycles. The molecule has 100 valence electrons. The number of aromatic nitrogens is 4. The van der Waals surface area contributed by atoms with Crippen molar-refractivity contribution in [3.63, 3.8) is 0 Å². The maximum atomic E-state index is 12.2. The van der Waals surface area contributed by atoms with Crippen LogP contribution in [0.4, 0.5) is 0 Å². The Labute approximate surface area is 114 Å². The first-order valence-electron chi connectivity index (χ1n) is 6.59. The van der Waals surface area contributed by atoms with Gasteiger partial charge in [0.15, 0.2) is 0 Å². The van der Waals surface area contributed by atoms with Crippen LogP contribution in [0, 0.1) is 0 Å². The molecule has 3 aromatic heterocycles. The van der Waals surface area contributed by atoms with E-state index in [1.54, 1.807) is 12.4 Å². The minimum atomic E-state index is 0.0547. The molecule has 3 aromatic rings. The molecule has 1 aliphatic rings. The summed E-state index contributed by atoms with van der Waals surface area (Å²) in [6.45, 7) is 1.70. The van der Waals surface area contributed by atoms with Gasteiger partial charge in [-0.05, 0) is 24.6 Å². The van der Waals surface area contributed by atoms with Gasteiger partial charge in [-0.15, -0.1) is 0 Å². The number of H-pyrrole nitrogens is 2. The second-order valence-electron chi connectivity index (χ2n) is 4.95. The van der Waals surface area contributed by atoms with E-state index in [0.29, 0.717) is 5.69 Å². The molecule has 0 saturated carbocycles. The molecule has 4 heterocycles. The second kappa shape index (κ2) is 4.19. The lowest BCUT2D eigenvalue weighted by molar-refractivity contribution is 0.0646. The van der Waals surface area contributed by atoms with Crippen LogP contribution in [-0.2, 0) is 0 Å². The number of hydrogen-bond acceptors (Lipinski definition) is 3. The third-order valence-electron chi connectivity index (χ3n) is 3.65. The number of fused-ring (bicyclic) bond motifs is 1. The van der Waals surface area contributed by atoms with Gasteiger partial charge >= 0.3 is 0 Å². The highest BCUT2D eigenvalue weighted by atomic mass is 16.2. The molecule has 0 unspecified atom stereocenters. The zero-order chi connectivity index (χ0) is 13.5. The third-order valence-corrected chi connectivity index (χ3v) is 3.65. The number of carbonyl (C=O) groups excluding carboxylic acids is 1. The minimum Gasteiger partial charge on any atom is -0.337 e. The predicted molar refractivity (Wildman–Crippen MR) is 74.2 cm³/mol. The number of pyridine rings is 1. The summed E-state index contributed by atoms with van der Waals surface area (Å²) < 4.78 is 0. The van der Waals surface area contributed by atoms with E-state index >= 15 is 0 Å². The third kappa shape index (κ3) is 1.69. The largest absolute Gasteiger partial charge is 0.337 e. The first kappa shape index (κ1) is 11.2. The topological polar surface area (TPSA) is 77.7 Å². The summed E-state index contributed by atoms with van der Waals surface area (Å²) in [7, 11) is 0. The molecule has 1 amide bonds. The lowest BCUT2D eigenvalue weighted by Gasteiger charge is -2.30. The van der Waals surface area contributed by atoms with Crippen molar-refractivity contribution >= 4 is 16.9 Å². The van der Waals surface area contributed by atoms with Gasteiger partial charge in [0.1, 0.15) is 11.3 Å². The summed E-state index contributed by atoms with van der Waals surface area (Å²) >= 11 is 0. The van der Waals surface area contributed by atoms with Crippen LogP contribution in [0.15, 0.2) is 30.6 Å². The Hall–Kier alpha value is -2.63. The zero-order valence-corrected chi connectivity index (χ0v) is 10.8. The van der Waals surface area contributed by atoms with Crippen LogP contribution in [0.2, 0.25) is 0 Å². The van der Waals surface area contributed by atoms with Gasteiger partial charge in [0.2, 0.25) is 0 Å². The van der Waals surface area contributed by atoms with Gasteiger partial charge in [-0.1, -0.05) is 0 Å². The molecule has 0 radical (unpaired) electrons. The molecule has 6 nitrogen and oxygen atoms in total. The molecular formula is C14H13N5O. The van der Waals surface area contributed by atoms with Gasteiger partial charge in [0, 0.05) is 30.2 Å². The van der Waals surface area contributed by atoms with Gasteiger partial charge in [0.25, 0.3) is 5.91 Å². The Morgan fingerprint density at radius 3 is 2.90 bits per heavy atom. The maximum absolute atomic E-state index is 12.2. The highest BCUT2D eigenvalue weighted by Gasteiger charge is 2.23. The molecular weight excluding hydrogens is 254 g/mol. The van der Waals surface area contributed by atoms with Crippen molar-refractivity contribution < 1.29 is 4.79 Å². The van der Waals surface area contributed by atoms with Crippen molar-refractivity contribution in [2.75, 3.05) is 13.1 Å². The molecule has 1 fully saturated rings. The van der Waals surface area contributed by atoms with Gasteiger partial charge in [-0.3, -0.25) is 9.89 Å². The van der Waals surface area contributed by atoms with Gasteiger partial charge in [0.05, 0.1) is 11.9 Å². The van der Waals surface area contributed by atoms with E-state index in [2.05, 4.69) is 20.2 Å². The van der Waals surface area contributed by atoms with Gasteiger partial charge < -0.3 is 9.88 Å². The number of carbonyl (C=O) groups is 1. The normalized spacial score (nSPS) is 14.5. The predicted octanol–water partition coefficient (Wildman–Crippen LogP) is 1.80. The van der Waals surface area contributed by atoms with Crippen molar-refractivity contribution in [2.24, 2.45) is 0 Å². The zero-order valence-electron chi connectivity index (χ0n) is 10.8. The van der Waals surface area contributed by atoms with E-state index in [9.17, 15) is 4.79 Å². The minimum absolute atomic E-state index is 0.0547. The molecule has 0 aromatic carbocycles. The fourth-order valence-electron chi connectivity index (χ4n) is 2.36. The van der Waals surface area contributed by atoms with Crippen molar-refractivity contribution in [2.45, 2.75) is 6.42 Å². The Balaban J connectivity index is 1.74. The summed E-state index contributed by atoms with van der Waals surface area (Å²) in [5.41, 5.74) is 3.09. The van der Waals surface area contributed by atoms with Crippen LogP contribution in [0.5, 0.6) is 0 Å². The Kier molecular flexibility index (Phi) is 2.35. The van der Waals surface area contributed by atoms with E-state index in [1.807, 2.05) is 23.1 Å². The standard InChI is InChI=1S/C14H13N5O/c20-14(19-4-1-5-19)12-6-9-2-3-11(17-13(9)18-12)10-7-15-16-8-10/h2-3,6-8H,1,4-5H2,(H,15,16)(H,17,18). The summed E-state index contributed by atoms with van der Waals surface area (Å²) in [6, 6.07) is 5.76. The van der Waals surface area contributed by atoms with Gasteiger partial charge in [-0.25, -0.2) is 4.98 Å². The first-order valence-corrected chi connectivity index (χ1v) is 6.59. The van der Waals surface area contributed by atoms with E-state index in [4.69, 9.17) is 0 Å². The highest BCUT2D eigenvalue weighted by Crippen LogP contribution is 2.21. The molecule has 0 spiro atoms. The molecule has 1 aliphatic heterocycles. The molecule has 6 heteroatoms. The molecule has 4 rings (SSSR count). The number of hydrogen-bond donors (Lipinski definition) is 2. The number of likely N-dealkylation sites (tertiary alicyclic amines) is 1. The number of amides is 1. The van der Waals surface area contributed by atoms with Gasteiger partial charge in [-0.2, -0.15) is 5.10 Å². The average Bonchev–Trinajstić information content (AvgIpc) is 3.05. The van der Waals surface area contributed by atoms with Crippen LogP contribution < -0.4 is 0 Å². The Morgan fingerprint density at radius 1 is 1.30 bits per heavy atom. The lowest BCUT2D eigenvalue weighted by atomic mass is 10.2. The molecule has 0 atom stereocenters. The summed E-state index contributed by atoms with van der Waals surface area (Å²) in [4.78, 5) is 21.6. The monoisotopic (exact) mass is 267 g/mol. The van der Waals surface area contributed by atoms with E-state index in [-0.39, 0.29) is 5.91 Å². The number of aromatic amines is 2. The van der Waals surface area contributed by atoms with Crippen LogP contribution >= 0.6 is 0 Å². The van der Waals surface area contributed by atoms with E-state index < -0.39 is 0 Å². The van der Waals surface area contributed by atoms with Crippen molar-refractivity contribution in [1.82, 2.24) is 25.1 Å². The van der Waals surface area contributed by atoms with Crippen LogP contribution in [-0.4, -0.2) is 44.1 Å². The summed E-state index contributed by atoms with van der Waals surface area (Å²) in [6.07, 6.45) is 4.61. The van der Waals surface area contributed by atoms with E-state index in [1.165, 1.54) is 0 Å². The molecule has 0 aliphatic carbocycles. The second-order valence-corrected chi connectivity index (χ2v) is 4.95. The highest BCUT2D eigenvalue weighted by molar-refractivity contribution is 5.97. The first-order chi connectivity index (χ1) is 9.81. The lowest BCUT2D eigenvalue weighted by Crippen LogP contribution is -2.42. The average molecular weight is 267 g/mol. The SMILES string of the molecule is O=C(c1cc2ccc(-c3cn[nH]c3)nc2[nH]1)N1CCC1. The van der Waals surface area contributed by atoms with Crippen LogP contribution in [0.1, 0.15) is 16.9 Å². The van der Waals surface area contributed by atoms with Crippen molar-refractivity contribution in [1.29, 1.82) is 0 Å². The van der Waals surface area contributed by atoms with Crippen molar-refractivity contribution in [3.05, 3.63) is 36.3 Å². The van der Waals surface area contributed by atoms with Crippen LogP contribution in [0.3, 0.4) is 0 Å². The van der Waals surface area contributed by atoms with E-state index in [0.717, 1.165) is 41.8 Å². The summed E-state index contributed by atoms with van der Waals surface area (Å²) in [5.74, 6) is 0.0547. The maximum Gasteiger partial charge on any atom is 0.270 e. The fourth-order valence-corrected chi connectivity index (χ4v) is 2.36. The smallest absolute Gasteiger partial charge is 0.270 e. The fraction of sp³-hybridized carbons (Fsp3) is 0.214. The number of nitrogens with one attached hydrogen (secondary N) is 2. The Bertz CT molecular complexity index is 770. The van der Waals surface area contributed by atoms with Crippen molar-refractivity contribution in [3.8, 4) is 11.3 Å². The Morgan fingerprint density at radius 2 is 2.20 bits per heavy atom. The molecule has 0 bridgehead atoms. The quantitative estimate of drug-likeness (QED) is 0.743. The number of nitrogens with zero attached hydrogens (tertiary/aromatic N) is 3. The summed E-state index contributed by atoms with van der Waals surface area (Å²) in [5, 5.41) is 7.63. The van der Waals surface area contributed by atoms with Crippen LogP contribution in [0.25, 0.3) is 22.3 Å². The molecule has 2 N–H and O–H groups in total.